The number of imidazole rings is 1. The largest absolute Gasteiger partial charge is 0.352 e. The van der Waals surface area contributed by atoms with Gasteiger partial charge in [0.05, 0.1) is 6.54 Å². The molecule has 0 fully saturated rings. The molecular formula is C36H39N7O4. The first-order valence-corrected chi connectivity index (χ1v) is 15.6. The third-order valence-electron chi connectivity index (χ3n) is 8.28. The molecule has 0 spiro atoms. The zero-order chi connectivity index (χ0) is 32.8. The zero-order valence-corrected chi connectivity index (χ0v) is 27.3. The third kappa shape index (κ3) is 6.43. The topological polar surface area (TPSA) is 122 Å². The van der Waals surface area contributed by atoms with Crippen molar-refractivity contribution in [3.63, 3.8) is 0 Å². The fraction of sp³-hybridized carbons (Fsp3) is 0.306. The van der Waals surface area contributed by atoms with Crippen LogP contribution in [0.5, 0.6) is 0 Å². The van der Waals surface area contributed by atoms with Crippen molar-refractivity contribution in [2.75, 3.05) is 28.4 Å². The molecule has 0 atom stereocenters. The van der Waals surface area contributed by atoms with E-state index in [1.54, 1.807) is 28.4 Å². The highest BCUT2D eigenvalue weighted by Gasteiger charge is 2.31. The Bertz CT molecular complexity index is 1900. The van der Waals surface area contributed by atoms with E-state index in [2.05, 4.69) is 62.4 Å². The molecule has 47 heavy (non-hydrogen) atoms. The average Bonchev–Trinajstić information content (AvgIpc) is 3.78. The lowest BCUT2D eigenvalue weighted by Crippen LogP contribution is -2.15. The monoisotopic (exact) mass is 633 g/mol. The number of hydrogen-bond donors (Lipinski definition) is 1. The fourth-order valence-electron chi connectivity index (χ4n) is 6.04. The third-order valence-corrected chi connectivity index (χ3v) is 8.28. The van der Waals surface area contributed by atoms with Crippen molar-refractivity contribution in [1.29, 1.82) is 0 Å². The van der Waals surface area contributed by atoms with Crippen molar-refractivity contribution in [3.8, 4) is 33.6 Å². The number of ether oxygens (including phenoxy) is 4. The summed E-state index contributed by atoms with van der Waals surface area (Å²) in [5.41, 5.74) is 8.69. The molecule has 3 aromatic heterocycles. The van der Waals surface area contributed by atoms with Crippen molar-refractivity contribution < 1.29 is 18.9 Å². The molecule has 6 rings (SSSR count). The second-order valence-electron chi connectivity index (χ2n) is 11.1. The van der Waals surface area contributed by atoms with E-state index in [0.717, 1.165) is 69.5 Å². The van der Waals surface area contributed by atoms with Gasteiger partial charge in [-0.3, -0.25) is 0 Å². The van der Waals surface area contributed by atoms with E-state index in [1.165, 1.54) is 0 Å². The standard InChI is InChI=1S/C36H39N7O4/c1-6-7-17-28-37-31-30(35(44-2)45-3)29(25-13-9-8-10-14-25)32(36(46-4)47-5)38-34(31)43(28)22-23-18-20-24(21-19-23)26-15-11-12-16-27(26)33-39-41-42-40-33/h8-16,18-21,35-36H,6-7,17,22H2,1-5H3,(H,39,40,41,42). The van der Waals surface area contributed by atoms with E-state index in [0.29, 0.717) is 23.7 Å². The molecule has 0 amide bonds. The minimum Gasteiger partial charge on any atom is -0.352 e. The predicted molar refractivity (Wildman–Crippen MR) is 179 cm³/mol. The Morgan fingerprint density at radius 1 is 0.745 bits per heavy atom. The van der Waals surface area contributed by atoms with Crippen molar-refractivity contribution in [2.24, 2.45) is 0 Å². The van der Waals surface area contributed by atoms with Crippen molar-refractivity contribution in [1.82, 2.24) is 35.2 Å². The van der Waals surface area contributed by atoms with Crippen LogP contribution in [0, 0.1) is 0 Å². The van der Waals surface area contributed by atoms with Crippen LogP contribution in [-0.4, -0.2) is 63.6 Å². The molecule has 11 nitrogen and oxygen atoms in total. The first kappa shape index (κ1) is 32.1. The van der Waals surface area contributed by atoms with E-state index in [-0.39, 0.29) is 0 Å². The lowest BCUT2D eigenvalue weighted by atomic mass is 9.96. The van der Waals surface area contributed by atoms with E-state index in [4.69, 9.17) is 28.9 Å². The van der Waals surface area contributed by atoms with Gasteiger partial charge in [0.1, 0.15) is 17.0 Å². The van der Waals surface area contributed by atoms with Gasteiger partial charge in [0.2, 0.25) is 12.1 Å². The number of nitrogens with zero attached hydrogens (tertiary/aromatic N) is 6. The van der Waals surface area contributed by atoms with Crippen LogP contribution in [0.4, 0.5) is 0 Å². The molecule has 0 aliphatic carbocycles. The highest BCUT2D eigenvalue weighted by molar-refractivity contribution is 5.87. The first-order chi connectivity index (χ1) is 23.1. The van der Waals surface area contributed by atoms with Crippen LogP contribution < -0.4 is 0 Å². The number of unbranched alkanes of at least 4 members (excludes halogenated alkanes) is 1. The lowest BCUT2D eigenvalue weighted by molar-refractivity contribution is -0.111. The number of nitrogens with one attached hydrogen (secondary N) is 1. The molecule has 3 aromatic carbocycles. The number of aryl methyl sites for hydroxylation is 1. The smallest absolute Gasteiger partial charge is 0.205 e. The molecule has 11 heteroatoms. The maximum Gasteiger partial charge on any atom is 0.205 e. The van der Waals surface area contributed by atoms with Gasteiger partial charge >= 0.3 is 0 Å². The summed E-state index contributed by atoms with van der Waals surface area (Å²) in [5, 5.41) is 14.7. The summed E-state index contributed by atoms with van der Waals surface area (Å²) < 4.78 is 25.6. The van der Waals surface area contributed by atoms with Crippen LogP contribution in [0.25, 0.3) is 44.8 Å². The Labute approximate surface area is 273 Å². The van der Waals surface area contributed by atoms with Gasteiger partial charge in [0.15, 0.2) is 11.9 Å². The number of rotatable bonds is 14. The zero-order valence-electron chi connectivity index (χ0n) is 27.3. The summed E-state index contributed by atoms with van der Waals surface area (Å²) >= 11 is 0. The number of methoxy groups -OCH3 is 4. The van der Waals surface area contributed by atoms with Crippen molar-refractivity contribution in [3.05, 3.63) is 102 Å². The minimum atomic E-state index is -0.733. The summed E-state index contributed by atoms with van der Waals surface area (Å²) in [6.45, 7) is 2.75. The van der Waals surface area contributed by atoms with Crippen molar-refractivity contribution in [2.45, 2.75) is 45.3 Å². The fourth-order valence-corrected chi connectivity index (χ4v) is 6.04. The van der Waals surface area contributed by atoms with E-state index >= 15 is 0 Å². The normalized spacial score (nSPS) is 11.7. The molecule has 242 valence electrons. The SMILES string of the molecule is CCCCc1nc2c(C(OC)OC)c(-c3ccccc3)c(C(OC)OC)nc2n1Cc1ccc(-c2ccccc2-c2nn[nH]n2)cc1. The second kappa shape index (κ2) is 14.7. The Hall–Kier alpha value is -4.81. The van der Waals surface area contributed by atoms with Gasteiger partial charge in [0, 0.05) is 51.6 Å². The van der Waals surface area contributed by atoms with E-state index in [1.807, 2.05) is 48.5 Å². The van der Waals surface area contributed by atoms with Gasteiger partial charge in [-0.05, 0) is 33.9 Å². The molecule has 6 aromatic rings. The van der Waals surface area contributed by atoms with Gasteiger partial charge < -0.3 is 23.5 Å². The van der Waals surface area contributed by atoms with Gasteiger partial charge in [-0.25, -0.2) is 9.97 Å². The summed E-state index contributed by atoms with van der Waals surface area (Å²) in [6.07, 6.45) is 1.38. The number of benzene rings is 3. The summed E-state index contributed by atoms with van der Waals surface area (Å²) in [5.74, 6) is 1.49. The molecule has 0 saturated heterocycles. The van der Waals surface area contributed by atoms with Gasteiger partial charge in [-0.15, -0.1) is 10.2 Å². The Kier molecular flexibility index (Phi) is 10.1. The number of hydrogen-bond acceptors (Lipinski definition) is 9. The van der Waals surface area contributed by atoms with Crippen LogP contribution in [-0.2, 0) is 31.9 Å². The molecule has 0 aliphatic heterocycles. The predicted octanol–water partition coefficient (Wildman–Crippen LogP) is 6.92. The van der Waals surface area contributed by atoms with E-state index in [9.17, 15) is 0 Å². The molecule has 0 aliphatic rings. The number of fused-ring (bicyclic) bond motifs is 1. The molecule has 0 radical (unpaired) electrons. The number of tetrazole rings is 1. The molecule has 0 saturated carbocycles. The van der Waals surface area contributed by atoms with Crippen LogP contribution in [0.1, 0.15) is 55.0 Å². The Morgan fingerprint density at radius 3 is 2.06 bits per heavy atom. The second-order valence-corrected chi connectivity index (χ2v) is 11.1. The van der Waals surface area contributed by atoms with Crippen LogP contribution >= 0.6 is 0 Å². The first-order valence-electron chi connectivity index (χ1n) is 15.6. The Balaban J connectivity index is 1.51. The molecule has 0 unspecified atom stereocenters. The van der Waals surface area contributed by atoms with Crippen LogP contribution in [0.15, 0.2) is 78.9 Å². The van der Waals surface area contributed by atoms with Crippen LogP contribution in [0.3, 0.4) is 0 Å². The summed E-state index contributed by atoms with van der Waals surface area (Å²) in [6, 6.07) is 26.6. The number of H-pyrrole nitrogens is 1. The van der Waals surface area contributed by atoms with E-state index < -0.39 is 12.6 Å². The maximum atomic E-state index is 5.90. The van der Waals surface area contributed by atoms with Gasteiger partial charge in [-0.1, -0.05) is 92.2 Å². The average molecular weight is 634 g/mol. The van der Waals surface area contributed by atoms with Gasteiger partial charge in [0.25, 0.3) is 0 Å². The highest BCUT2D eigenvalue weighted by Crippen LogP contribution is 2.41. The summed E-state index contributed by atoms with van der Waals surface area (Å²) in [7, 11) is 6.49. The number of aromatic nitrogens is 7. The summed E-state index contributed by atoms with van der Waals surface area (Å²) in [4.78, 5) is 10.5. The molecule has 0 bridgehead atoms. The lowest BCUT2D eigenvalue weighted by Gasteiger charge is -2.24. The quantitative estimate of drug-likeness (QED) is 0.127. The van der Waals surface area contributed by atoms with Crippen LogP contribution in [0.2, 0.25) is 0 Å². The number of aromatic amines is 1. The molecule has 1 N–H and O–H groups in total. The minimum absolute atomic E-state index is 0.554. The van der Waals surface area contributed by atoms with Gasteiger partial charge in [-0.2, -0.15) is 5.21 Å². The van der Waals surface area contributed by atoms with Crippen molar-refractivity contribution >= 4 is 11.2 Å². The Morgan fingerprint density at radius 2 is 1.43 bits per heavy atom. The molecular weight excluding hydrogens is 594 g/mol. The number of pyridine rings is 1. The molecule has 3 heterocycles. The highest BCUT2D eigenvalue weighted by atomic mass is 16.7. The maximum absolute atomic E-state index is 5.90.